The molecule has 1 aliphatic rings. The van der Waals surface area contributed by atoms with Gasteiger partial charge in [-0.05, 0) is 32.1 Å². The van der Waals surface area contributed by atoms with Gasteiger partial charge >= 0.3 is 0 Å². The average molecular weight is 277 g/mol. The molecule has 1 aromatic carbocycles. The molecule has 1 saturated heterocycles. The lowest BCUT2D eigenvalue weighted by Crippen LogP contribution is -2.48. The molecule has 2 N–H and O–H groups in total. The number of phenols is 1. The zero-order valence-corrected chi connectivity index (χ0v) is 12.0. The van der Waals surface area contributed by atoms with E-state index in [1.807, 2.05) is 30.1 Å². The zero-order valence-electron chi connectivity index (χ0n) is 12.0. The number of aromatic hydroxyl groups is 1. The third-order valence-corrected chi connectivity index (χ3v) is 3.67. The number of phenolic OH excluding ortho intramolecular Hbond substituents is 1. The fourth-order valence-corrected chi connectivity index (χ4v) is 2.50. The number of hydrogen-bond acceptors (Lipinski definition) is 4. The van der Waals surface area contributed by atoms with E-state index in [1.54, 1.807) is 6.07 Å². The maximum Gasteiger partial charge on any atom is 0.222 e. The highest BCUT2D eigenvalue weighted by molar-refractivity contribution is 5.76. The lowest BCUT2D eigenvalue weighted by atomic mass is 10.2. The van der Waals surface area contributed by atoms with Crippen molar-refractivity contribution < 1.29 is 9.90 Å². The molecule has 2 rings (SSSR count). The highest BCUT2D eigenvalue weighted by Gasteiger charge is 2.21. The topological polar surface area (TPSA) is 55.8 Å². The molecular weight excluding hydrogens is 254 g/mol. The Hall–Kier alpha value is -1.75. The number of rotatable bonds is 5. The van der Waals surface area contributed by atoms with Crippen molar-refractivity contribution in [1.82, 2.24) is 10.2 Å². The first kappa shape index (κ1) is 14.7. The first-order valence-corrected chi connectivity index (χ1v) is 7.17. The normalized spacial score (nSPS) is 15.4. The summed E-state index contributed by atoms with van der Waals surface area (Å²) >= 11 is 0. The number of amides is 1. The summed E-state index contributed by atoms with van der Waals surface area (Å²) in [4.78, 5) is 16.1. The number of piperazine rings is 1. The maximum atomic E-state index is 12.0. The molecular formula is C15H23N3O2. The van der Waals surface area contributed by atoms with Crippen LogP contribution in [0.4, 0.5) is 5.69 Å². The standard InChI is InChI=1S/C15H23N3O2/c1-16-8-4-7-15(20)18-11-9-17(10-12-18)13-5-2-3-6-14(13)19/h2-3,5-6,16,19H,4,7-12H2,1H3. The van der Waals surface area contributed by atoms with Gasteiger partial charge in [-0.2, -0.15) is 0 Å². The first-order chi connectivity index (χ1) is 9.72. The molecule has 0 bridgehead atoms. The van der Waals surface area contributed by atoms with Gasteiger partial charge in [-0.1, -0.05) is 12.1 Å². The summed E-state index contributed by atoms with van der Waals surface area (Å²) in [7, 11) is 1.90. The minimum Gasteiger partial charge on any atom is -0.506 e. The molecule has 110 valence electrons. The number of hydrogen-bond donors (Lipinski definition) is 2. The van der Waals surface area contributed by atoms with Gasteiger partial charge in [0.25, 0.3) is 0 Å². The number of para-hydroxylation sites is 2. The maximum absolute atomic E-state index is 12.0. The van der Waals surface area contributed by atoms with Gasteiger partial charge in [0.1, 0.15) is 5.75 Å². The van der Waals surface area contributed by atoms with Crippen molar-refractivity contribution in [3.8, 4) is 5.75 Å². The van der Waals surface area contributed by atoms with E-state index in [0.717, 1.165) is 44.8 Å². The van der Waals surface area contributed by atoms with Gasteiger partial charge in [-0.25, -0.2) is 0 Å². The lowest BCUT2D eigenvalue weighted by Gasteiger charge is -2.36. The fourth-order valence-electron chi connectivity index (χ4n) is 2.50. The van der Waals surface area contributed by atoms with Crippen LogP contribution >= 0.6 is 0 Å². The Morgan fingerprint density at radius 3 is 2.60 bits per heavy atom. The van der Waals surface area contributed by atoms with Crippen LogP contribution in [0.15, 0.2) is 24.3 Å². The minimum atomic E-state index is 0.234. The molecule has 0 atom stereocenters. The van der Waals surface area contributed by atoms with Crippen LogP contribution in [0.3, 0.4) is 0 Å². The average Bonchev–Trinajstić information content (AvgIpc) is 2.48. The first-order valence-electron chi connectivity index (χ1n) is 7.17. The van der Waals surface area contributed by atoms with Crippen molar-refractivity contribution in [2.75, 3.05) is 44.7 Å². The molecule has 0 spiro atoms. The zero-order chi connectivity index (χ0) is 14.4. The Morgan fingerprint density at radius 2 is 1.95 bits per heavy atom. The molecule has 5 heteroatoms. The summed E-state index contributed by atoms with van der Waals surface area (Å²) in [6.07, 6.45) is 1.49. The summed E-state index contributed by atoms with van der Waals surface area (Å²) in [5.41, 5.74) is 0.856. The predicted octanol–water partition coefficient (Wildman–Crippen LogP) is 1.04. The molecule has 0 radical (unpaired) electrons. The molecule has 5 nitrogen and oxygen atoms in total. The van der Waals surface area contributed by atoms with Crippen LogP contribution in [-0.2, 0) is 4.79 Å². The number of anilines is 1. The van der Waals surface area contributed by atoms with Crippen LogP contribution in [0.5, 0.6) is 5.75 Å². The van der Waals surface area contributed by atoms with Crippen LogP contribution in [0.25, 0.3) is 0 Å². The third-order valence-electron chi connectivity index (χ3n) is 3.67. The van der Waals surface area contributed by atoms with E-state index < -0.39 is 0 Å². The van der Waals surface area contributed by atoms with Crippen molar-refractivity contribution in [1.29, 1.82) is 0 Å². The summed E-state index contributed by atoms with van der Waals surface area (Å²) in [5, 5.41) is 12.9. The molecule has 0 aliphatic carbocycles. The Kier molecular flexibility index (Phi) is 5.24. The second-order valence-electron chi connectivity index (χ2n) is 5.06. The monoisotopic (exact) mass is 277 g/mol. The van der Waals surface area contributed by atoms with Gasteiger partial charge in [-0.3, -0.25) is 4.79 Å². The number of nitrogens with zero attached hydrogens (tertiary/aromatic N) is 2. The summed E-state index contributed by atoms with van der Waals surface area (Å²) in [6, 6.07) is 7.36. The Balaban J connectivity index is 1.83. The highest BCUT2D eigenvalue weighted by atomic mass is 16.3. The molecule has 0 saturated carbocycles. The molecule has 1 fully saturated rings. The Labute approximate surface area is 120 Å². The lowest BCUT2D eigenvalue weighted by molar-refractivity contribution is -0.131. The second kappa shape index (κ2) is 7.14. The number of carbonyl (C=O) groups excluding carboxylic acids is 1. The van der Waals surface area contributed by atoms with Crippen LogP contribution < -0.4 is 10.2 Å². The highest BCUT2D eigenvalue weighted by Crippen LogP contribution is 2.27. The molecule has 0 aromatic heterocycles. The Morgan fingerprint density at radius 1 is 1.25 bits per heavy atom. The molecule has 1 aliphatic heterocycles. The van der Waals surface area contributed by atoms with Gasteiger partial charge in [0.15, 0.2) is 0 Å². The van der Waals surface area contributed by atoms with E-state index in [-0.39, 0.29) is 5.91 Å². The van der Waals surface area contributed by atoms with Crippen LogP contribution in [0.1, 0.15) is 12.8 Å². The van der Waals surface area contributed by atoms with Gasteiger partial charge in [-0.15, -0.1) is 0 Å². The number of nitrogens with one attached hydrogen (secondary N) is 1. The van der Waals surface area contributed by atoms with Crippen LogP contribution in [0, 0.1) is 0 Å². The molecule has 1 amide bonds. The number of benzene rings is 1. The molecule has 1 heterocycles. The van der Waals surface area contributed by atoms with E-state index in [0.29, 0.717) is 12.2 Å². The smallest absolute Gasteiger partial charge is 0.222 e. The van der Waals surface area contributed by atoms with E-state index in [2.05, 4.69) is 10.2 Å². The van der Waals surface area contributed by atoms with Gasteiger partial charge < -0.3 is 20.2 Å². The van der Waals surface area contributed by atoms with Crippen LogP contribution in [0.2, 0.25) is 0 Å². The quantitative estimate of drug-likeness (QED) is 0.790. The van der Waals surface area contributed by atoms with E-state index >= 15 is 0 Å². The number of carbonyl (C=O) groups is 1. The molecule has 20 heavy (non-hydrogen) atoms. The summed E-state index contributed by atoms with van der Waals surface area (Å²) in [5.74, 6) is 0.540. The van der Waals surface area contributed by atoms with Crippen LogP contribution in [-0.4, -0.2) is 55.7 Å². The summed E-state index contributed by atoms with van der Waals surface area (Å²) < 4.78 is 0. The van der Waals surface area contributed by atoms with E-state index in [4.69, 9.17) is 0 Å². The summed E-state index contributed by atoms with van der Waals surface area (Å²) in [6.45, 7) is 3.88. The largest absolute Gasteiger partial charge is 0.506 e. The van der Waals surface area contributed by atoms with Gasteiger partial charge in [0, 0.05) is 32.6 Å². The molecule has 1 aromatic rings. The minimum absolute atomic E-state index is 0.234. The van der Waals surface area contributed by atoms with Crippen molar-refractivity contribution in [2.45, 2.75) is 12.8 Å². The van der Waals surface area contributed by atoms with Crippen molar-refractivity contribution in [2.24, 2.45) is 0 Å². The molecule has 0 unspecified atom stereocenters. The van der Waals surface area contributed by atoms with Gasteiger partial charge in [0.2, 0.25) is 5.91 Å². The Bertz CT molecular complexity index is 442. The van der Waals surface area contributed by atoms with Gasteiger partial charge in [0.05, 0.1) is 5.69 Å². The van der Waals surface area contributed by atoms with E-state index in [9.17, 15) is 9.90 Å². The SMILES string of the molecule is CNCCCC(=O)N1CCN(c2ccccc2O)CC1. The second-order valence-corrected chi connectivity index (χ2v) is 5.06. The third kappa shape index (κ3) is 3.63. The van der Waals surface area contributed by atoms with Crippen molar-refractivity contribution in [3.63, 3.8) is 0 Å². The van der Waals surface area contributed by atoms with Crippen molar-refractivity contribution >= 4 is 11.6 Å². The van der Waals surface area contributed by atoms with Crippen molar-refractivity contribution in [3.05, 3.63) is 24.3 Å². The van der Waals surface area contributed by atoms with E-state index in [1.165, 1.54) is 0 Å². The predicted molar refractivity (Wildman–Crippen MR) is 80.1 cm³/mol. The fraction of sp³-hybridized carbons (Fsp3) is 0.533.